The number of amides is 2. The minimum absolute atomic E-state index is 0.0968. The average molecular weight is 634 g/mol. The quantitative estimate of drug-likeness (QED) is 0.225. The van der Waals surface area contributed by atoms with Crippen LogP contribution in [0.3, 0.4) is 0 Å². The van der Waals surface area contributed by atoms with E-state index < -0.39 is 6.36 Å². The third kappa shape index (κ3) is 7.39. The molecule has 2 amide bonds. The molecule has 0 spiro atoms. The van der Waals surface area contributed by atoms with Crippen LogP contribution in [0.4, 0.5) is 19.2 Å². The minimum atomic E-state index is -4.81. The van der Waals surface area contributed by atoms with Crippen LogP contribution in [0.1, 0.15) is 53.9 Å². The first-order chi connectivity index (χ1) is 22.0. The summed E-state index contributed by atoms with van der Waals surface area (Å²) in [5.74, 6) is -0.228. The van der Waals surface area contributed by atoms with Gasteiger partial charge >= 0.3 is 12.4 Å². The summed E-state index contributed by atoms with van der Waals surface area (Å²) in [7, 11) is 0. The monoisotopic (exact) mass is 633 g/mol. The van der Waals surface area contributed by atoms with Crippen molar-refractivity contribution in [2.45, 2.75) is 58.6 Å². The molecule has 0 bridgehead atoms. The number of carbonyl (C=O) groups is 2. The number of hydrogen-bond acceptors (Lipinski definition) is 7. The molecule has 0 radical (unpaired) electrons. The summed E-state index contributed by atoms with van der Waals surface area (Å²) >= 11 is 0. The van der Waals surface area contributed by atoms with E-state index in [0.717, 1.165) is 40.7 Å². The van der Waals surface area contributed by atoms with E-state index in [4.69, 9.17) is 4.52 Å². The first-order valence-corrected chi connectivity index (χ1v) is 15.2. The Labute approximate surface area is 264 Å². The number of halogens is 3. The first kappa shape index (κ1) is 31.3. The van der Waals surface area contributed by atoms with Gasteiger partial charge in [0.05, 0.1) is 19.1 Å². The van der Waals surface area contributed by atoms with Crippen LogP contribution in [0.25, 0.3) is 11.1 Å². The van der Waals surface area contributed by atoms with Crippen LogP contribution in [0.5, 0.6) is 5.75 Å². The van der Waals surface area contributed by atoms with E-state index in [1.165, 1.54) is 23.1 Å². The normalized spacial score (nSPS) is 15.6. The van der Waals surface area contributed by atoms with E-state index in [2.05, 4.69) is 20.2 Å². The van der Waals surface area contributed by atoms with Gasteiger partial charge in [0.15, 0.2) is 5.82 Å². The lowest BCUT2D eigenvalue weighted by Gasteiger charge is -2.32. The standard InChI is InChI=1S/C34H34F3N5O4/c1-21(23-7-4-3-5-8-23)38-31(43)20-41-16-15-29-28(25-9-6-10-27(17-25)45-34(35,36)37)14-13-26(30(29)19-41)18-42(32(44)24-11-12-24)33-39-22(2)40-46-33/h3-10,13-14,17,21,24H,11-12,15-16,18-20H2,1-2H3,(H,38,43). The Bertz CT molecular complexity index is 1720. The summed E-state index contributed by atoms with van der Waals surface area (Å²) in [5.41, 5.74) is 5.01. The zero-order chi connectivity index (χ0) is 32.4. The zero-order valence-corrected chi connectivity index (χ0v) is 25.5. The van der Waals surface area contributed by atoms with Gasteiger partial charge in [-0.2, -0.15) is 4.98 Å². The van der Waals surface area contributed by atoms with Crippen LogP contribution in [0, 0.1) is 12.8 Å². The maximum Gasteiger partial charge on any atom is 0.573 e. The molecule has 46 heavy (non-hydrogen) atoms. The number of aromatic nitrogens is 2. The van der Waals surface area contributed by atoms with E-state index in [0.29, 0.717) is 30.9 Å². The summed E-state index contributed by atoms with van der Waals surface area (Å²) in [4.78, 5) is 34.4. The zero-order valence-electron chi connectivity index (χ0n) is 25.5. The van der Waals surface area contributed by atoms with Gasteiger partial charge in [0.25, 0.3) is 0 Å². The highest BCUT2D eigenvalue weighted by atomic mass is 19.4. The molecule has 2 heterocycles. The molecule has 1 saturated carbocycles. The fraction of sp³-hybridized carbons (Fsp3) is 0.353. The number of alkyl halides is 3. The van der Waals surface area contributed by atoms with Crippen molar-refractivity contribution < 1.29 is 32.0 Å². The Morgan fingerprint density at radius 3 is 2.57 bits per heavy atom. The summed E-state index contributed by atoms with van der Waals surface area (Å²) in [6.45, 7) is 4.90. The lowest BCUT2D eigenvalue weighted by atomic mass is 9.87. The summed E-state index contributed by atoms with van der Waals surface area (Å²) in [6.07, 6.45) is -2.69. The van der Waals surface area contributed by atoms with E-state index in [1.54, 1.807) is 13.0 Å². The second-order valence-corrected chi connectivity index (χ2v) is 11.8. The molecule has 3 aromatic carbocycles. The molecule has 0 saturated heterocycles. The maximum atomic E-state index is 13.4. The topological polar surface area (TPSA) is 101 Å². The number of benzene rings is 3. The highest BCUT2D eigenvalue weighted by molar-refractivity contribution is 5.94. The van der Waals surface area contributed by atoms with Gasteiger partial charge in [-0.05, 0) is 78.6 Å². The number of carbonyl (C=O) groups excluding carboxylic acids is 2. The predicted molar refractivity (Wildman–Crippen MR) is 163 cm³/mol. The van der Waals surface area contributed by atoms with Crippen molar-refractivity contribution in [3.8, 4) is 16.9 Å². The van der Waals surface area contributed by atoms with Crippen LogP contribution in [-0.2, 0) is 29.1 Å². The molecule has 4 aromatic rings. The van der Waals surface area contributed by atoms with Gasteiger partial charge < -0.3 is 14.6 Å². The fourth-order valence-corrected chi connectivity index (χ4v) is 5.88. The second kappa shape index (κ2) is 13.0. The highest BCUT2D eigenvalue weighted by Crippen LogP contribution is 2.37. The lowest BCUT2D eigenvalue weighted by molar-refractivity contribution is -0.274. The summed E-state index contributed by atoms with van der Waals surface area (Å²) in [6, 6.07) is 19.3. The van der Waals surface area contributed by atoms with Crippen LogP contribution in [0.2, 0.25) is 0 Å². The van der Waals surface area contributed by atoms with Crippen molar-refractivity contribution in [3.63, 3.8) is 0 Å². The molecule has 1 unspecified atom stereocenters. The number of nitrogens with zero attached hydrogens (tertiary/aromatic N) is 4. The van der Waals surface area contributed by atoms with Crippen LogP contribution in [-0.4, -0.2) is 46.3 Å². The molecule has 1 aromatic heterocycles. The van der Waals surface area contributed by atoms with Crippen molar-refractivity contribution in [1.29, 1.82) is 0 Å². The van der Waals surface area contributed by atoms with Gasteiger partial charge in [0, 0.05) is 19.0 Å². The molecule has 1 aliphatic heterocycles. The number of hydrogen-bond donors (Lipinski definition) is 1. The first-order valence-electron chi connectivity index (χ1n) is 15.2. The largest absolute Gasteiger partial charge is 0.573 e. The summed E-state index contributed by atoms with van der Waals surface area (Å²) < 4.78 is 48.6. The number of aryl methyl sites for hydroxylation is 1. The third-order valence-electron chi connectivity index (χ3n) is 8.28. The molecular formula is C34H34F3N5O4. The molecule has 1 atom stereocenters. The van der Waals surface area contributed by atoms with E-state index in [9.17, 15) is 22.8 Å². The molecule has 1 N–H and O–H groups in total. The number of anilines is 1. The Morgan fingerprint density at radius 2 is 1.87 bits per heavy atom. The lowest BCUT2D eigenvalue weighted by Crippen LogP contribution is -2.41. The van der Waals surface area contributed by atoms with Crippen LogP contribution >= 0.6 is 0 Å². The average Bonchev–Trinajstić information content (AvgIpc) is 3.79. The van der Waals surface area contributed by atoms with Gasteiger partial charge in [-0.3, -0.25) is 19.4 Å². The maximum absolute atomic E-state index is 13.4. The number of ether oxygens (including phenoxy) is 1. The Hall–Kier alpha value is -4.71. The van der Waals surface area contributed by atoms with Gasteiger partial charge in [-0.25, -0.2) is 0 Å². The van der Waals surface area contributed by atoms with Crippen LogP contribution in [0.15, 0.2) is 71.3 Å². The van der Waals surface area contributed by atoms with Gasteiger partial charge in [-0.1, -0.05) is 59.8 Å². The molecule has 9 nitrogen and oxygen atoms in total. The predicted octanol–water partition coefficient (Wildman–Crippen LogP) is 6.12. The number of fused-ring (bicyclic) bond motifs is 1. The fourth-order valence-electron chi connectivity index (χ4n) is 5.88. The van der Waals surface area contributed by atoms with Crippen molar-refractivity contribution >= 4 is 17.8 Å². The van der Waals surface area contributed by atoms with E-state index >= 15 is 0 Å². The van der Waals surface area contributed by atoms with Crippen molar-refractivity contribution in [2.75, 3.05) is 18.0 Å². The molecular weight excluding hydrogens is 599 g/mol. The highest BCUT2D eigenvalue weighted by Gasteiger charge is 2.37. The molecule has 1 aliphatic carbocycles. The Balaban J connectivity index is 1.31. The van der Waals surface area contributed by atoms with Crippen LogP contribution < -0.4 is 15.0 Å². The van der Waals surface area contributed by atoms with Gasteiger partial charge in [0.1, 0.15) is 5.75 Å². The van der Waals surface area contributed by atoms with Gasteiger partial charge in [0.2, 0.25) is 11.8 Å². The third-order valence-corrected chi connectivity index (χ3v) is 8.28. The molecule has 6 rings (SSSR count). The van der Waals surface area contributed by atoms with Crippen molar-refractivity contribution in [1.82, 2.24) is 20.4 Å². The summed E-state index contributed by atoms with van der Waals surface area (Å²) in [5, 5.41) is 6.95. The Morgan fingerprint density at radius 1 is 1.09 bits per heavy atom. The van der Waals surface area contributed by atoms with Crippen molar-refractivity contribution in [2.24, 2.45) is 5.92 Å². The second-order valence-electron chi connectivity index (χ2n) is 11.8. The number of nitrogens with one attached hydrogen (secondary N) is 1. The smallest absolute Gasteiger partial charge is 0.406 e. The molecule has 240 valence electrons. The van der Waals surface area contributed by atoms with Crippen molar-refractivity contribution in [3.05, 3.63) is 94.8 Å². The SMILES string of the molecule is Cc1noc(N(Cc2ccc(-c3cccc(OC(F)(F)F)c3)c3c2CN(CC(=O)NC(C)c2ccccc2)CC3)C(=O)C2CC2)n1. The number of rotatable bonds is 10. The van der Waals surface area contributed by atoms with E-state index in [1.807, 2.05) is 54.3 Å². The molecule has 12 heteroatoms. The Kier molecular flexibility index (Phi) is 8.81. The minimum Gasteiger partial charge on any atom is -0.406 e. The molecule has 1 fully saturated rings. The van der Waals surface area contributed by atoms with E-state index in [-0.39, 0.29) is 48.6 Å². The van der Waals surface area contributed by atoms with Gasteiger partial charge in [-0.15, -0.1) is 13.2 Å². The molecule has 2 aliphatic rings.